The van der Waals surface area contributed by atoms with Crippen LogP contribution in [0, 0.1) is 11.3 Å². The standard InChI is InChI=1S/C15H29NO3/c1-14(2)12(11-6-5-8-19-13(11)14)16-10-15(3,17)7-9-18-4/h11-13,16-17H,5-10H2,1-4H3. The smallest absolute Gasteiger partial charge is 0.0765 e. The number of hydrogen-bond acceptors (Lipinski definition) is 4. The van der Waals surface area contributed by atoms with Gasteiger partial charge in [0, 0.05) is 50.7 Å². The first-order valence-electron chi connectivity index (χ1n) is 7.45. The monoisotopic (exact) mass is 271 g/mol. The van der Waals surface area contributed by atoms with Crippen molar-refractivity contribution in [3.8, 4) is 0 Å². The van der Waals surface area contributed by atoms with E-state index < -0.39 is 5.60 Å². The molecule has 0 radical (unpaired) electrons. The first kappa shape index (κ1) is 15.2. The molecular formula is C15H29NO3. The number of aliphatic hydroxyl groups is 1. The second kappa shape index (κ2) is 5.68. The molecule has 2 fully saturated rings. The molecule has 0 aromatic rings. The lowest BCUT2D eigenvalue weighted by Crippen LogP contribution is -2.70. The van der Waals surface area contributed by atoms with E-state index in [1.54, 1.807) is 7.11 Å². The van der Waals surface area contributed by atoms with Crippen LogP contribution in [0.4, 0.5) is 0 Å². The Labute approximate surface area is 116 Å². The van der Waals surface area contributed by atoms with E-state index in [0.29, 0.717) is 37.6 Å². The highest BCUT2D eigenvalue weighted by atomic mass is 16.5. The zero-order valence-electron chi connectivity index (χ0n) is 12.7. The highest BCUT2D eigenvalue weighted by molar-refractivity contribution is 5.10. The van der Waals surface area contributed by atoms with Crippen molar-refractivity contribution in [3.05, 3.63) is 0 Å². The van der Waals surface area contributed by atoms with Gasteiger partial charge in [-0.25, -0.2) is 0 Å². The van der Waals surface area contributed by atoms with Crippen LogP contribution in [0.1, 0.15) is 40.0 Å². The molecule has 1 heterocycles. The highest BCUT2D eigenvalue weighted by Crippen LogP contribution is 2.51. The van der Waals surface area contributed by atoms with Gasteiger partial charge in [0.05, 0.1) is 11.7 Å². The van der Waals surface area contributed by atoms with Crippen molar-refractivity contribution in [3.63, 3.8) is 0 Å². The van der Waals surface area contributed by atoms with Crippen molar-refractivity contribution < 1.29 is 14.6 Å². The molecule has 0 bridgehead atoms. The Kier molecular flexibility index (Phi) is 4.56. The fourth-order valence-electron chi connectivity index (χ4n) is 3.68. The van der Waals surface area contributed by atoms with Gasteiger partial charge in [0.1, 0.15) is 0 Å². The predicted molar refractivity (Wildman–Crippen MR) is 75.2 cm³/mol. The summed E-state index contributed by atoms with van der Waals surface area (Å²) in [5, 5.41) is 13.9. The Bertz CT molecular complexity index is 304. The quantitative estimate of drug-likeness (QED) is 0.770. The molecule has 4 nitrogen and oxygen atoms in total. The zero-order valence-corrected chi connectivity index (χ0v) is 12.7. The van der Waals surface area contributed by atoms with Crippen LogP contribution >= 0.6 is 0 Å². The van der Waals surface area contributed by atoms with Gasteiger partial charge < -0.3 is 19.9 Å². The molecule has 19 heavy (non-hydrogen) atoms. The zero-order chi connectivity index (χ0) is 14.1. The summed E-state index contributed by atoms with van der Waals surface area (Å²) in [6.07, 6.45) is 3.46. The van der Waals surface area contributed by atoms with Crippen LogP contribution in [0.15, 0.2) is 0 Å². The predicted octanol–water partition coefficient (Wildman–Crippen LogP) is 1.57. The van der Waals surface area contributed by atoms with E-state index in [4.69, 9.17) is 9.47 Å². The molecule has 1 saturated carbocycles. The minimum atomic E-state index is -0.702. The topological polar surface area (TPSA) is 50.7 Å². The number of ether oxygens (including phenoxy) is 2. The van der Waals surface area contributed by atoms with Crippen molar-refractivity contribution >= 4 is 0 Å². The van der Waals surface area contributed by atoms with E-state index >= 15 is 0 Å². The minimum Gasteiger partial charge on any atom is -0.389 e. The van der Waals surface area contributed by atoms with Gasteiger partial charge in [-0.15, -0.1) is 0 Å². The molecule has 4 unspecified atom stereocenters. The summed E-state index contributed by atoms with van der Waals surface area (Å²) in [5.74, 6) is 0.613. The first-order valence-corrected chi connectivity index (χ1v) is 7.45. The second-order valence-corrected chi connectivity index (χ2v) is 7.02. The summed E-state index contributed by atoms with van der Waals surface area (Å²) < 4.78 is 10.9. The van der Waals surface area contributed by atoms with Gasteiger partial charge >= 0.3 is 0 Å². The molecule has 2 N–H and O–H groups in total. The summed E-state index contributed by atoms with van der Waals surface area (Å²) in [4.78, 5) is 0. The molecule has 0 aromatic carbocycles. The molecular weight excluding hydrogens is 242 g/mol. The molecule has 4 atom stereocenters. The van der Waals surface area contributed by atoms with E-state index in [1.165, 1.54) is 6.42 Å². The van der Waals surface area contributed by atoms with Gasteiger partial charge in [-0.3, -0.25) is 0 Å². The van der Waals surface area contributed by atoms with Crippen LogP contribution in [0.5, 0.6) is 0 Å². The molecule has 4 heteroatoms. The van der Waals surface area contributed by atoms with Gasteiger partial charge in [0.2, 0.25) is 0 Å². The Morgan fingerprint density at radius 3 is 2.89 bits per heavy atom. The number of hydrogen-bond donors (Lipinski definition) is 2. The van der Waals surface area contributed by atoms with E-state index in [9.17, 15) is 5.11 Å². The lowest BCUT2D eigenvalue weighted by Gasteiger charge is -2.60. The normalized spacial score (nSPS) is 36.2. The number of fused-ring (bicyclic) bond motifs is 1. The lowest BCUT2D eigenvalue weighted by atomic mass is 9.55. The first-order chi connectivity index (χ1) is 8.88. The van der Waals surface area contributed by atoms with Crippen molar-refractivity contribution in [2.45, 2.75) is 57.8 Å². The number of nitrogens with one attached hydrogen (secondary N) is 1. The Morgan fingerprint density at radius 1 is 1.47 bits per heavy atom. The molecule has 1 saturated heterocycles. The van der Waals surface area contributed by atoms with Crippen LogP contribution in [0.3, 0.4) is 0 Å². The molecule has 2 aliphatic rings. The Hall–Kier alpha value is -0.160. The summed E-state index contributed by atoms with van der Waals surface area (Å²) in [6, 6.07) is 0.451. The molecule has 1 aliphatic heterocycles. The fourth-order valence-corrected chi connectivity index (χ4v) is 3.68. The van der Waals surface area contributed by atoms with Crippen LogP contribution < -0.4 is 5.32 Å². The Balaban J connectivity index is 1.85. The van der Waals surface area contributed by atoms with E-state index in [0.717, 1.165) is 13.0 Å². The maximum atomic E-state index is 10.3. The summed E-state index contributed by atoms with van der Waals surface area (Å²) in [7, 11) is 1.67. The summed E-state index contributed by atoms with van der Waals surface area (Å²) >= 11 is 0. The number of rotatable bonds is 6. The maximum absolute atomic E-state index is 10.3. The molecule has 0 spiro atoms. The van der Waals surface area contributed by atoms with E-state index in [2.05, 4.69) is 19.2 Å². The van der Waals surface area contributed by atoms with Gasteiger partial charge in [-0.05, 0) is 19.8 Å². The second-order valence-electron chi connectivity index (χ2n) is 7.02. The SMILES string of the molecule is COCCC(C)(O)CNC1C2CCCOC2C1(C)C. The Morgan fingerprint density at radius 2 is 2.21 bits per heavy atom. The van der Waals surface area contributed by atoms with Crippen LogP contribution in [0.2, 0.25) is 0 Å². The third-order valence-corrected chi connectivity index (χ3v) is 4.88. The molecule has 1 aliphatic carbocycles. The van der Waals surface area contributed by atoms with Gasteiger partial charge in [0.25, 0.3) is 0 Å². The highest BCUT2D eigenvalue weighted by Gasteiger charge is 2.57. The van der Waals surface area contributed by atoms with Gasteiger partial charge in [0.15, 0.2) is 0 Å². The van der Waals surface area contributed by atoms with Crippen LogP contribution in [0.25, 0.3) is 0 Å². The van der Waals surface area contributed by atoms with Crippen molar-refractivity contribution in [1.29, 1.82) is 0 Å². The molecule has 0 aromatic heterocycles. The largest absolute Gasteiger partial charge is 0.389 e. The van der Waals surface area contributed by atoms with Crippen molar-refractivity contribution in [1.82, 2.24) is 5.32 Å². The molecule has 112 valence electrons. The van der Waals surface area contributed by atoms with E-state index in [-0.39, 0.29) is 5.41 Å². The number of methoxy groups -OCH3 is 1. The maximum Gasteiger partial charge on any atom is 0.0765 e. The summed E-state index contributed by atoms with van der Waals surface area (Å²) in [6.45, 7) is 8.52. The minimum absolute atomic E-state index is 0.169. The third-order valence-electron chi connectivity index (χ3n) is 4.88. The van der Waals surface area contributed by atoms with Crippen LogP contribution in [-0.2, 0) is 9.47 Å². The molecule has 2 rings (SSSR count). The fraction of sp³-hybridized carbons (Fsp3) is 1.00. The van der Waals surface area contributed by atoms with Gasteiger partial charge in [-0.1, -0.05) is 13.8 Å². The van der Waals surface area contributed by atoms with Crippen molar-refractivity contribution in [2.75, 3.05) is 26.9 Å². The van der Waals surface area contributed by atoms with Crippen molar-refractivity contribution in [2.24, 2.45) is 11.3 Å². The van der Waals surface area contributed by atoms with Crippen LogP contribution in [-0.4, -0.2) is 49.7 Å². The lowest BCUT2D eigenvalue weighted by molar-refractivity contribution is -0.194. The molecule has 0 amide bonds. The van der Waals surface area contributed by atoms with E-state index in [1.807, 2.05) is 6.92 Å². The summed E-state index contributed by atoms with van der Waals surface area (Å²) in [5.41, 5.74) is -0.533. The average molecular weight is 271 g/mol. The average Bonchev–Trinajstić information content (AvgIpc) is 2.36. The third kappa shape index (κ3) is 3.13. The van der Waals surface area contributed by atoms with Gasteiger partial charge in [-0.2, -0.15) is 0 Å².